The molecule has 0 bridgehead atoms. The van der Waals surface area contributed by atoms with Crippen molar-refractivity contribution in [2.24, 2.45) is 0 Å². The molecule has 2 heterocycles. The van der Waals surface area contributed by atoms with E-state index < -0.39 is 5.91 Å². The van der Waals surface area contributed by atoms with Crippen LogP contribution in [0.4, 0.5) is 0 Å². The number of ether oxygens (including phenoxy) is 3. The first-order valence-corrected chi connectivity index (χ1v) is 5.84. The summed E-state index contributed by atoms with van der Waals surface area (Å²) in [4.78, 5) is 2.29. The van der Waals surface area contributed by atoms with Gasteiger partial charge >= 0.3 is 0 Å². The van der Waals surface area contributed by atoms with Crippen molar-refractivity contribution >= 4 is 0 Å². The second-order valence-electron chi connectivity index (χ2n) is 4.10. The molecule has 1 fully saturated rings. The predicted molar refractivity (Wildman–Crippen MR) is 63.7 cm³/mol. The monoisotopic (exact) mass is 240 g/mol. The highest BCUT2D eigenvalue weighted by molar-refractivity contribution is 4.94. The molecule has 1 aliphatic rings. The molecule has 5 nitrogen and oxygen atoms in total. The van der Waals surface area contributed by atoms with E-state index in [1.807, 2.05) is 29.1 Å². The van der Waals surface area contributed by atoms with Gasteiger partial charge in [-0.2, -0.15) is 0 Å². The molecule has 1 aromatic heterocycles. The Kier molecular flexibility index (Phi) is 4.17. The van der Waals surface area contributed by atoms with Gasteiger partial charge in [0.25, 0.3) is 5.91 Å². The third kappa shape index (κ3) is 2.69. The Labute approximate surface area is 102 Å². The van der Waals surface area contributed by atoms with Crippen LogP contribution >= 0.6 is 0 Å². The lowest BCUT2D eigenvalue weighted by molar-refractivity contribution is -0.278. The SMILES string of the molecule is COC(CN1CCOCC1)(OC)n1cccc1. The number of hydrogen-bond donors (Lipinski definition) is 0. The maximum absolute atomic E-state index is 5.59. The van der Waals surface area contributed by atoms with Crippen LogP contribution in [0, 0.1) is 0 Å². The second kappa shape index (κ2) is 5.64. The van der Waals surface area contributed by atoms with E-state index in [4.69, 9.17) is 14.2 Å². The molecule has 0 radical (unpaired) electrons. The molecular formula is C12H20N2O3. The van der Waals surface area contributed by atoms with Gasteiger partial charge in [0.15, 0.2) is 0 Å². The van der Waals surface area contributed by atoms with Crippen LogP contribution in [0.15, 0.2) is 24.5 Å². The van der Waals surface area contributed by atoms with E-state index in [0.717, 1.165) is 26.3 Å². The summed E-state index contributed by atoms with van der Waals surface area (Å²) in [5, 5.41) is 0. The molecule has 0 spiro atoms. The van der Waals surface area contributed by atoms with Crippen LogP contribution in [0.2, 0.25) is 0 Å². The molecule has 1 aliphatic heterocycles. The third-order valence-corrected chi connectivity index (χ3v) is 3.16. The molecule has 0 aromatic carbocycles. The average Bonchev–Trinajstić information content (AvgIpc) is 2.92. The Bertz CT molecular complexity index is 317. The first kappa shape index (κ1) is 12.6. The van der Waals surface area contributed by atoms with E-state index in [9.17, 15) is 0 Å². The number of methoxy groups -OCH3 is 2. The van der Waals surface area contributed by atoms with E-state index in [-0.39, 0.29) is 0 Å². The summed E-state index contributed by atoms with van der Waals surface area (Å²) in [6.07, 6.45) is 3.90. The van der Waals surface area contributed by atoms with Gasteiger partial charge in [-0.05, 0) is 12.1 Å². The van der Waals surface area contributed by atoms with Crippen molar-refractivity contribution in [1.82, 2.24) is 9.47 Å². The topological polar surface area (TPSA) is 35.9 Å². The van der Waals surface area contributed by atoms with Crippen molar-refractivity contribution in [3.63, 3.8) is 0 Å². The molecule has 5 heteroatoms. The van der Waals surface area contributed by atoms with Crippen LogP contribution in [-0.2, 0) is 20.1 Å². The van der Waals surface area contributed by atoms with Gasteiger partial charge in [0.05, 0.1) is 19.8 Å². The summed E-state index contributed by atoms with van der Waals surface area (Å²) in [6.45, 7) is 4.06. The molecule has 1 saturated heterocycles. The van der Waals surface area contributed by atoms with Crippen LogP contribution < -0.4 is 0 Å². The van der Waals surface area contributed by atoms with Gasteiger partial charge in [0.2, 0.25) is 0 Å². The quantitative estimate of drug-likeness (QED) is 0.711. The number of nitrogens with zero attached hydrogens (tertiary/aromatic N) is 2. The predicted octanol–water partition coefficient (Wildman–Crippen LogP) is 0.723. The Morgan fingerprint density at radius 3 is 2.24 bits per heavy atom. The van der Waals surface area contributed by atoms with Crippen molar-refractivity contribution in [3.05, 3.63) is 24.5 Å². The van der Waals surface area contributed by atoms with Crippen molar-refractivity contribution < 1.29 is 14.2 Å². The minimum atomic E-state index is -0.749. The van der Waals surface area contributed by atoms with E-state index >= 15 is 0 Å². The summed E-state index contributed by atoms with van der Waals surface area (Å²) in [5.74, 6) is -0.749. The summed E-state index contributed by atoms with van der Waals surface area (Å²) >= 11 is 0. The van der Waals surface area contributed by atoms with Gasteiger partial charge in [-0.1, -0.05) is 0 Å². The Morgan fingerprint density at radius 2 is 1.71 bits per heavy atom. The van der Waals surface area contributed by atoms with Crippen molar-refractivity contribution in [2.75, 3.05) is 47.1 Å². The lowest BCUT2D eigenvalue weighted by Crippen LogP contribution is -2.50. The average molecular weight is 240 g/mol. The Hall–Kier alpha value is -0.880. The molecule has 0 amide bonds. The maximum Gasteiger partial charge on any atom is 0.268 e. The van der Waals surface area contributed by atoms with Crippen molar-refractivity contribution in [3.8, 4) is 0 Å². The molecule has 17 heavy (non-hydrogen) atoms. The van der Waals surface area contributed by atoms with Crippen LogP contribution in [0.1, 0.15) is 0 Å². The molecule has 0 saturated carbocycles. The second-order valence-corrected chi connectivity index (χ2v) is 4.10. The van der Waals surface area contributed by atoms with Gasteiger partial charge in [-0.15, -0.1) is 0 Å². The van der Waals surface area contributed by atoms with Gasteiger partial charge in [-0.25, -0.2) is 0 Å². The fourth-order valence-electron chi connectivity index (χ4n) is 2.11. The molecule has 0 aliphatic carbocycles. The number of aromatic nitrogens is 1. The van der Waals surface area contributed by atoms with E-state index in [2.05, 4.69) is 4.90 Å². The highest BCUT2D eigenvalue weighted by Crippen LogP contribution is 2.21. The van der Waals surface area contributed by atoms with Crippen LogP contribution in [0.25, 0.3) is 0 Å². The Balaban J connectivity index is 2.10. The largest absolute Gasteiger partial charge is 0.379 e. The fraction of sp³-hybridized carbons (Fsp3) is 0.667. The highest BCUT2D eigenvalue weighted by atomic mass is 16.7. The molecule has 1 aromatic rings. The molecule has 0 unspecified atom stereocenters. The van der Waals surface area contributed by atoms with E-state index in [0.29, 0.717) is 6.54 Å². The van der Waals surface area contributed by atoms with Gasteiger partial charge in [0.1, 0.15) is 0 Å². The zero-order chi connectivity index (χ0) is 12.1. The minimum Gasteiger partial charge on any atom is -0.379 e. The first-order chi connectivity index (χ1) is 8.30. The fourth-order valence-corrected chi connectivity index (χ4v) is 2.11. The lowest BCUT2D eigenvalue weighted by Gasteiger charge is -2.38. The molecule has 0 atom stereocenters. The number of morpholine rings is 1. The van der Waals surface area contributed by atoms with E-state index in [1.54, 1.807) is 14.2 Å². The van der Waals surface area contributed by atoms with Gasteiger partial charge < -0.3 is 18.8 Å². The molecular weight excluding hydrogens is 220 g/mol. The van der Waals surface area contributed by atoms with Crippen LogP contribution in [0.3, 0.4) is 0 Å². The maximum atomic E-state index is 5.59. The van der Waals surface area contributed by atoms with Crippen LogP contribution in [-0.4, -0.2) is 56.5 Å². The zero-order valence-corrected chi connectivity index (χ0v) is 10.5. The number of rotatable bonds is 5. The van der Waals surface area contributed by atoms with Gasteiger partial charge in [-0.3, -0.25) is 4.90 Å². The lowest BCUT2D eigenvalue weighted by atomic mass is 10.3. The first-order valence-electron chi connectivity index (χ1n) is 5.84. The Morgan fingerprint density at radius 1 is 1.12 bits per heavy atom. The normalized spacial score (nSPS) is 18.5. The molecule has 0 N–H and O–H groups in total. The summed E-state index contributed by atoms with van der Waals surface area (Å²) < 4.78 is 18.5. The van der Waals surface area contributed by atoms with E-state index in [1.165, 1.54) is 0 Å². The zero-order valence-electron chi connectivity index (χ0n) is 10.5. The number of hydrogen-bond acceptors (Lipinski definition) is 4. The summed E-state index contributed by atoms with van der Waals surface area (Å²) in [7, 11) is 3.34. The van der Waals surface area contributed by atoms with Crippen molar-refractivity contribution in [1.29, 1.82) is 0 Å². The minimum absolute atomic E-state index is 0.692. The summed E-state index contributed by atoms with van der Waals surface area (Å²) in [5.41, 5.74) is 0. The molecule has 96 valence electrons. The summed E-state index contributed by atoms with van der Waals surface area (Å²) in [6, 6.07) is 3.93. The smallest absolute Gasteiger partial charge is 0.268 e. The standard InChI is InChI=1S/C12H20N2O3/c1-15-12(16-2,14-5-3-4-6-14)11-13-7-9-17-10-8-13/h3-6H,7-11H2,1-2H3. The van der Waals surface area contributed by atoms with Gasteiger partial charge in [0, 0.05) is 39.7 Å². The highest BCUT2D eigenvalue weighted by Gasteiger charge is 2.34. The third-order valence-electron chi connectivity index (χ3n) is 3.16. The molecule has 2 rings (SSSR count). The van der Waals surface area contributed by atoms with Crippen molar-refractivity contribution in [2.45, 2.75) is 5.91 Å². The van der Waals surface area contributed by atoms with Crippen LogP contribution in [0.5, 0.6) is 0 Å².